The molecular weight excluding hydrogens is 294 g/mol. The highest BCUT2D eigenvalue weighted by Crippen LogP contribution is 2.26. The molecular formula is C13H21N3O4S. The fraction of sp³-hybridized carbons (Fsp3) is 0.462. The van der Waals surface area contributed by atoms with E-state index >= 15 is 0 Å². The van der Waals surface area contributed by atoms with Gasteiger partial charge in [-0.25, -0.2) is 0 Å². The Hall–Kier alpha value is -1.80. The number of hydrogen-bond acceptors (Lipinski definition) is 4. The van der Waals surface area contributed by atoms with E-state index in [2.05, 4.69) is 0 Å². The highest BCUT2D eigenvalue weighted by atomic mass is 32.2. The second-order valence-electron chi connectivity index (χ2n) is 4.37. The molecule has 0 atom stereocenters. The number of anilines is 2. The zero-order valence-corrected chi connectivity index (χ0v) is 13.0. The quantitative estimate of drug-likeness (QED) is 0.700. The highest BCUT2D eigenvalue weighted by Gasteiger charge is 2.29. The van der Waals surface area contributed by atoms with Crippen molar-refractivity contribution >= 4 is 27.6 Å². The summed E-state index contributed by atoms with van der Waals surface area (Å²) in [4.78, 5) is 10.8. The Kier molecular flexibility index (Phi) is 5.98. The third-order valence-electron chi connectivity index (χ3n) is 3.04. The molecule has 1 rings (SSSR count). The van der Waals surface area contributed by atoms with E-state index in [0.717, 1.165) is 4.31 Å². The van der Waals surface area contributed by atoms with E-state index in [0.29, 0.717) is 24.5 Å². The number of rotatable bonds is 8. The normalized spacial score (nSPS) is 11.6. The van der Waals surface area contributed by atoms with Gasteiger partial charge in [0.05, 0.1) is 17.8 Å². The molecule has 0 amide bonds. The van der Waals surface area contributed by atoms with E-state index in [9.17, 15) is 13.2 Å². The average Bonchev–Trinajstić information content (AvgIpc) is 2.41. The Morgan fingerprint density at radius 2 is 1.81 bits per heavy atom. The van der Waals surface area contributed by atoms with Crippen molar-refractivity contribution in [3.05, 3.63) is 24.3 Å². The first-order chi connectivity index (χ1) is 9.84. The van der Waals surface area contributed by atoms with Gasteiger partial charge in [0.25, 0.3) is 0 Å². The van der Waals surface area contributed by atoms with Crippen LogP contribution >= 0.6 is 0 Å². The lowest BCUT2D eigenvalue weighted by atomic mass is 10.2. The van der Waals surface area contributed by atoms with Crippen LogP contribution in [0, 0.1) is 0 Å². The summed E-state index contributed by atoms with van der Waals surface area (Å²) in [7, 11) is -3.81. The summed E-state index contributed by atoms with van der Waals surface area (Å²) in [6.45, 7) is 3.89. The minimum absolute atomic E-state index is 0.164. The fourth-order valence-electron chi connectivity index (χ4n) is 1.96. The summed E-state index contributed by atoms with van der Waals surface area (Å²) in [6, 6.07) is 6.51. The van der Waals surface area contributed by atoms with Gasteiger partial charge in [0, 0.05) is 19.6 Å². The van der Waals surface area contributed by atoms with Crippen LogP contribution in [0.5, 0.6) is 0 Å². The van der Waals surface area contributed by atoms with E-state index in [1.54, 1.807) is 38.1 Å². The zero-order valence-electron chi connectivity index (χ0n) is 12.2. The van der Waals surface area contributed by atoms with Crippen molar-refractivity contribution in [3.63, 3.8) is 0 Å². The first-order valence-corrected chi connectivity index (χ1v) is 8.08. The molecule has 0 bridgehead atoms. The van der Waals surface area contributed by atoms with Crippen LogP contribution in [0.3, 0.4) is 0 Å². The molecule has 0 spiro atoms. The van der Waals surface area contributed by atoms with Crippen LogP contribution < -0.4 is 10.0 Å². The number of carboxylic acids is 1. The van der Waals surface area contributed by atoms with E-state index in [1.807, 2.05) is 0 Å². The molecule has 0 aliphatic heterocycles. The summed E-state index contributed by atoms with van der Waals surface area (Å²) in [5, 5.41) is 8.83. The maximum atomic E-state index is 12.7. The SMILES string of the molecule is CCN(CC)S(=O)(=O)N(CCC(=O)O)c1ccccc1N. The van der Waals surface area contributed by atoms with Crippen molar-refractivity contribution < 1.29 is 18.3 Å². The molecule has 0 saturated carbocycles. The predicted octanol–water partition coefficient (Wildman–Crippen LogP) is 1.14. The van der Waals surface area contributed by atoms with Crippen LogP contribution in [0.15, 0.2) is 24.3 Å². The molecule has 0 aromatic heterocycles. The number of carboxylic acid groups (broad SMARTS) is 1. The van der Waals surface area contributed by atoms with Crippen molar-refractivity contribution in [1.82, 2.24) is 4.31 Å². The van der Waals surface area contributed by atoms with Crippen LogP contribution in [-0.2, 0) is 15.0 Å². The lowest BCUT2D eigenvalue weighted by Crippen LogP contribution is -2.45. The Labute approximate surface area is 125 Å². The van der Waals surface area contributed by atoms with Crippen molar-refractivity contribution in [2.45, 2.75) is 20.3 Å². The van der Waals surface area contributed by atoms with Crippen molar-refractivity contribution in [2.75, 3.05) is 29.7 Å². The Balaban J connectivity index is 3.26. The second-order valence-corrected chi connectivity index (χ2v) is 6.22. The Morgan fingerprint density at radius 1 is 1.24 bits per heavy atom. The molecule has 0 aliphatic carbocycles. The van der Waals surface area contributed by atoms with Crippen LogP contribution in [0.25, 0.3) is 0 Å². The van der Waals surface area contributed by atoms with Gasteiger partial charge in [0.1, 0.15) is 0 Å². The molecule has 3 N–H and O–H groups in total. The number of nitrogens with two attached hydrogens (primary N) is 1. The summed E-state index contributed by atoms with van der Waals surface area (Å²) >= 11 is 0. The number of nitrogens with zero attached hydrogens (tertiary/aromatic N) is 2. The van der Waals surface area contributed by atoms with E-state index in [1.165, 1.54) is 4.31 Å². The van der Waals surface area contributed by atoms with Crippen LogP contribution in [0.2, 0.25) is 0 Å². The van der Waals surface area contributed by atoms with Crippen molar-refractivity contribution in [1.29, 1.82) is 0 Å². The van der Waals surface area contributed by atoms with Gasteiger partial charge < -0.3 is 10.8 Å². The van der Waals surface area contributed by atoms with Gasteiger partial charge in [-0.1, -0.05) is 26.0 Å². The van der Waals surface area contributed by atoms with Gasteiger partial charge in [-0.2, -0.15) is 12.7 Å². The van der Waals surface area contributed by atoms with Gasteiger partial charge >= 0.3 is 16.2 Å². The minimum atomic E-state index is -3.81. The van der Waals surface area contributed by atoms with Gasteiger partial charge in [0.2, 0.25) is 0 Å². The van der Waals surface area contributed by atoms with E-state index in [-0.39, 0.29) is 13.0 Å². The summed E-state index contributed by atoms with van der Waals surface area (Å²) in [6.07, 6.45) is -0.297. The molecule has 0 fully saturated rings. The second kappa shape index (κ2) is 7.28. The molecule has 118 valence electrons. The molecule has 7 nitrogen and oxygen atoms in total. The van der Waals surface area contributed by atoms with Crippen LogP contribution in [0.1, 0.15) is 20.3 Å². The zero-order chi connectivity index (χ0) is 16.0. The fourth-order valence-corrected chi connectivity index (χ4v) is 3.63. The Morgan fingerprint density at radius 3 is 2.29 bits per heavy atom. The first kappa shape index (κ1) is 17.3. The van der Waals surface area contributed by atoms with Crippen molar-refractivity contribution in [3.8, 4) is 0 Å². The third-order valence-corrected chi connectivity index (χ3v) is 5.15. The average molecular weight is 315 g/mol. The number of nitrogen functional groups attached to an aromatic ring is 1. The molecule has 0 aliphatic rings. The van der Waals surface area contributed by atoms with Crippen LogP contribution in [-0.4, -0.2) is 43.4 Å². The maximum absolute atomic E-state index is 12.7. The lowest BCUT2D eigenvalue weighted by molar-refractivity contribution is -0.136. The predicted molar refractivity (Wildman–Crippen MR) is 82.3 cm³/mol. The van der Waals surface area contributed by atoms with E-state index in [4.69, 9.17) is 10.8 Å². The summed E-state index contributed by atoms with van der Waals surface area (Å²) < 4.78 is 27.6. The third kappa shape index (κ3) is 4.08. The lowest BCUT2D eigenvalue weighted by Gasteiger charge is -2.30. The number of hydrogen-bond donors (Lipinski definition) is 2. The molecule has 8 heteroatoms. The van der Waals surface area contributed by atoms with Gasteiger partial charge in [0.15, 0.2) is 0 Å². The summed E-state index contributed by atoms with van der Waals surface area (Å²) in [5.74, 6) is -1.07. The monoisotopic (exact) mass is 315 g/mol. The smallest absolute Gasteiger partial charge is 0.305 e. The van der Waals surface area contributed by atoms with Crippen LogP contribution in [0.4, 0.5) is 11.4 Å². The largest absolute Gasteiger partial charge is 0.481 e. The molecule has 21 heavy (non-hydrogen) atoms. The standard InChI is InChI=1S/C13H21N3O4S/c1-3-15(4-2)21(19,20)16(10-9-13(17)18)12-8-6-5-7-11(12)14/h5-8H,3-4,9-10,14H2,1-2H3,(H,17,18). The van der Waals surface area contributed by atoms with Gasteiger partial charge in [-0.15, -0.1) is 0 Å². The topological polar surface area (TPSA) is 104 Å². The molecule has 1 aromatic rings. The number of aliphatic carboxylic acids is 1. The number of benzene rings is 1. The number of carbonyl (C=O) groups is 1. The maximum Gasteiger partial charge on any atom is 0.305 e. The molecule has 0 unspecified atom stereocenters. The molecule has 0 radical (unpaired) electrons. The van der Waals surface area contributed by atoms with Crippen molar-refractivity contribution in [2.24, 2.45) is 0 Å². The van der Waals surface area contributed by atoms with Gasteiger partial charge in [-0.3, -0.25) is 9.10 Å². The molecule has 0 saturated heterocycles. The van der Waals surface area contributed by atoms with Gasteiger partial charge in [-0.05, 0) is 12.1 Å². The summed E-state index contributed by atoms with van der Waals surface area (Å²) in [5.41, 5.74) is 6.42. The number of para-hydroxylation sites is 2. The first-order valence-electron chi connectivity index (χ1n) is 6.68. The Bertz CT molecular complexity index is 585. The van der Waals surface area contributed by atoms with E-state index < -0.39 is 16.2 Å². The molecule has 0 heterocycles. The molecule has 1 aromatic carbocycles. The highest BCUT2D eigenvalue weighted by molar-refractivity contribution is 7.90. The minimum Gasteiger partial charge on any atom is -0.481 e.